The zero-order chi connectivity index (χ0) is 8.10. The molecule has 1 rings (SSSR count). The second kappa shape index (κ2) is 3.77. The number of aromatic nitrogens is 2. The first kappa shape index (κ1) is 7.80. The summed E-state index contributed by atoms with van der Waals surface area (Å²) in [6, 6.07) is 0. The van der Waals surface area contributed by atoms with Crippen molar-refractivity contribution < 1.29 is 9.37 Å². The van der Waals surface area contributed by atoms with E-state index in [1.54, 1.807) is 7.11 Å². The van der Waals surface area contributed by atoms with E-state index in [1.807, 2.05) is 0 Å². The van der Waals surface area contributed by atoms with Crippen molar-refractivity contribution in [2.24, 2.45) is 0 Å². The molecule has 0 aromatic carbocycles. The maximum Gasteiger partial charge on any atom is 0.324 e. The van der Waals surface area contributed by atoms with Gasteiger partial charge in [0.2, 0.25) is 5.82 Å². The maximum atomic E-state index is 10.7. The first-order chi connectivity index (χ1) is 5.34. The number of nitrogens with one attached hydrogen (secondary N) is 2. The fourth-order valence-electron chi connectivity index (χ4n) is 0.584. The lowest BCUT2D eigenvalue weighted by molar-refractivity contribution is 0.210. The molecule has 6 heteroatoms. The lowest BCUT2D eigenvalue weighted by Crippen LogP contribution is -2.14. The van der Waals surface area contributed by atoms with Crippen LogP contribution in [0, 0.1) is 0 Å². The highest BCUT2D eigenvalue weighted by Gasteiger charge is 2.00. The number of hydrogen-bond acceptors (Lipinski definition) is 5. The van der Waals surface area contributed by atoms with Gasteiger partial charge in [0.05, 0.1) is 6.61 Å². The van der Waals surface area contributed by atoms with Gasteiger partial charge in [-0.2, -0.15) is 5.16 Å². The highest BCUT2D eigenvalue weighted by molar-refractivity contribution is 5.27. The summed E-state index contributed by atoms with van der Waals surface area (Å²) in [7, 11) is 1.58. The zero-order valence-corrected chi connectivity index (χ0v) is 6.09. The van der Waals surface area contributed by atoms with E-state index in [4.69, 9.17) is 4.74 Å². The van der Waals surface area contributed by atoms with Crippen LogP contribution in [0.1, 0.15) is 0 Å². The lowest BCUT2D eigenvalue weighted by Gasteiger charge is -1.97. The summed E-state index contributed by atoms with van der Waals surface area (Å²) in [5.74, 6) is 0.182. The molecule has 0 bridgehead atoms. The van der Waals surface area contributed by atoms with E-state index < -0.39 is 0 Å². The van der Waals surface area contributed by atoms with Gasteiger partial charge in [-0.15, -0.1) is 0 Å². The molecule has 62 valence electrons. The van der Waals surface area contributed by atoms with Crippen LogP contribution in [-0.4, -0.2) is 30.6 Å². The molecule has 0 fully saturated rings. The largest absolute Gasteiger partial charge is 0.383 e. The van der Waals surface area contributed by atoms with Gasteiger partial charge in [-0.1, -0.05) is 0 Å². The van der Waals surface area contributed by atoms with Crippen LogP contribution >= 0.6 is 0 Å². The molecule has 0 amide bonds. The second-order valence-corrected chi connectivity index (χ2v) is 1.88. The van der Waals surface area contributed by atoms with Crippen LogP contribution in [0.5, 0.6) is 0 Å². The second-order valence-electron chi connectivity index (χ2n) is 1.88. The summed E-state index contributed by atoms with van der Waals surface area (Å²) in [5.41, 5.74) is -0.360. The fraction of sp³-hybridized carbons (Fsp3) is 0.600. The van der Waals surface area contributed by atoms with E-state index in [9.17, 15) is 4.79 Å². The molecule has 0 unspecified atom stereocenters. The van der Waals surface area contributed by atoms with E-state index in [-0.39, 0.29) is 11.4 Å². The van der Waals surface area contributed by atoms with Crippen LogP contribution in [0.3, 0.4) is 0 Å². The lowest BCUT2D eigenvalue weighted by atomic mass is 10.6. The van der Waals surface area contributed by atoms with Crippen molar-refractivity contribution in [2.45, 2.75) is 0 Å². The number of H-pyrrole nitrogens is 1. The first-order valence-corrected chi connectivity index (χ1v) is 3.11. The van der Waals surface area contributed by atoms with Crippen LogP contribution < -0.4 is 10.9 Å². The third-order valence-corrected chi connectivity index (χ3v) is 1.09. The minimum atomic E-state index is -0.360. The molecule has 0 saturated carbocycles. The Morgan fingerprint density at radius 1 is 1.82 bits per heavy atom. The van der Waals surface area contributed by atoms with Crippen molar-refractivity contribution in [2.75, 3.05) is 25.6 Å². The Morgan fingerprint density at radius 2 is 2.64 bits per heavy atom. The van der Waals surface area contributed by atoms with Crippen molar-refractivity contribution in [3.05, 3.63) is 10.4 Å². The molecule has 0 spiro atoms. The smallest absolute Gasteiger partial charge is 0.324 e. The monoisotopic (exact) mass is 159 g/mol. The van der Waals surface area contributed by atoms with E-state index in [0.29, 0.717) is 13.2 Å². The molecule has 0 aliphatic heterocycles. The van der Waals surface area contributed by atoms with Crippen molar-refractivity contribution in [1.82, 2.24) is 10.3 Å². The number of anilines is 1. The summed E-state index contributed by atoms with van der Waals surface area (Å²) >= 11 is 0. The predicted octanol–water partition coefficient (Wildman–Crippen LogP) is -0.579. The summed E-state index contributed by atoms with van der Waals surface area (Å²) in [6.07, 6.45) is 0. The Labute approximate surface area is 62.5 Å². The van der Waals surface area contributed by atoms with E-state index >= 15 is 0 Å². The zero-order valence-electron chi connectivity index (χ0n) is 6.09. The van der Waals surface area contributed by atoms with Crippen molar-refractivity contribution in [3.63, 3.8) is 0 Å². The van der Waals surface area contributed by atoms with E-state index in [1.165, 1.54) is 0 Å². The van der Waals surface area contributed by atoms with Crippen molar-refractivity contribution in [1.29, 1.82) is 0 Å². The first-order valence-electron chi connectivity index (χ1n) is 3.11. The molecule has 0 aliphatic carbocycles. The fourth-order valence-corrected chi connectivity index (χ4v) is 0.584. The Bertz CT molecular complexity index is 253. The van der Waals surface area contributed by atoms with Gasteiger partial charge in [0.15, 0.2) is 0 Å². The van der Waals surface area contributed by atoms with Gasteiger partial charge in [0.1, 0.15) is 0 Å². The van der Waals surface area contributed by atoms with Gasteiger partial charge in [-0.3, -0.25) is 9.42 Å². The van der Waals surface area contributed by atoms with Crippen molar-refractivity contribution in [3.8, 4) is 0 Å². The quantitative estimate of drug-likeness (QED) is 0.574. The molecule has 1 aromatic heterocycles. The molecule has 11 heavy (non-hydrogen) atoms. The number of ether oxygens (including phenoxy) is 1. The Hall–Kier alpha value is -1.30. The predicted molar refractivity (Wildman–Crippen MR) is 37.5 cm³/mol. The molecular formula is C5H9N3O3. The molecular weight excluding hydrogens is 150 g/mol. The minimum Gasteiger partial charge on any atom is -0.383 e. The highest BCUT2D eigenvalue weighted by atomic mass is 16.6. The Kier molecular flexibility index (Phi) is 2.67. The van der Waals surface area contributed by atoms with Crippen LogP contribution in [-0.2, 0) is 4.74 Å². The maximum absolute atomic E-state index is 10.7. The Morgan fingerprint density at radius 3 is 3.18 bits per heavy atom. The third kappa shape index (κ3) is 2.08. The summed E-state index contributed by atoms with van der Waals surface area (Å²) in [6.45, 7) is 1.05. The normalized spacial score (nSPS) is 9.91. The SMILES string of the molecule is COCCNc1no[nH]c1=O. The van der Waals surface area contributed by atoms with Gasteiger partial charge in [-0.05, 0) is 5.16 Å². The van der Waals surface area contributed by atoms with Gasteiger partial charge in [-0.25, -0.2) is 0 Å². The van der Waals surface area contributed by atoms with Crippen LogP contribution in [0.15, 0.2) is 9.42 Å². The average molecular weight is 159 g/mol. The molecule has 1 aromatic rings. The number of methoxy groups -OCH3 is 1. The van der Waals surface area contributed by atoms with Gasteiger partial charge in [0, 0.05) is 13.7 Å². The molecule has 2 N–H and O–H groups in total. The average Bonchev–Trinajstić information content (AvgIpc) is 2.37. The number of nitrogens with zero attached hydrogens (tertiary/aromatic N) is 1. The topological polar surface area (TPSA) is 80.2 Å². The molecule has 6 nitrogen and oxygen atoms in total. The number of aromatic amines is 1. The summed E-state index contributed by atoms with van der Waals surface area (Å²) in [5, 5.41) is 8.15. The number of hydrogen-bond donors (Lipinski definition) is 2. The molecule has 0 atom stereocenters. The minimum absolute atomic E-state index is 0.182. The molecule has 0 radical (unpaired) electrons. The Balaban J connectivity index is 2.39. The third-order valence-electron chi connectivity index (χ3n) is 1.09. The van der Waals surface area contributed by atoms with E-state index in [0.717, 1.165) is 0 Å². The molecule has 0 saturated heterocycles. The van der Waals surface area contributed by atoms with Crippen LogP contribution in [0.4, 0.5) is 5.82 Å². The number of rotatable bonds is 4. The summed E-state index contributed by atoms with van der Waals surface area (Å²) in [4.78, 5) is 10.7. The summed E-state index contributed by atoms with van der Waals surface area (Å²) < 4.78 is 9.03. The van der Waals surface area contributed by atoms with E-state index in [2.05, 4.69) is 20.3 Å². The standard InChI is InChI=1S/C5H9N3O3/c1-10-3-2-6-4-5(9)8-11-7-4/h2-3H2,1H3,(H,6,7)(H,8,9). The van der Waals surface area contributed by atoms with Gasteiger partial charge in [0.25, 0.3) is 0 Å². The molecule has 0 aliphatic rings. The van der Waals surface area contributed by atoms with Crippen molar-refractivity contribution >= 4 is 5.82 Å². The van der Waals surface area contributed by atoms with Gasteiger partial charge < -0.3 is 10.1 Å². The van der Waals surface area contributed by atoms with Gasteiger partial charge >= 0.3 is 5.56 Å². The van der Waals surface area contributed by atoms with Crippen LogP contribution in [0.2, 0.25) is 0 Å². The highest BCUT2D eigenvalue weighted by Crippen LogP contribution is 1.87. The molecule has 1 heterocycles. The van der Waals surface area contributed by atoms with Crippen LogP contribution in [0.25, 0.3) is 0 Å².